The van der Waals surface area contributed by atoms with E-state index < -0.39 is 0 Å². The third-order valence-corrected chi connectivity index (χ3v) is 4.07. The van der Waals surface area contributed by atoms with Crippen molar-refractivity contribution in [2.45, 2.75) is 32.7 Å². The van der Waals surface area contributed by atoms with E-state index in [4.69, 9.17) is 5.73 Å². The fourth-order valence-corrected chi connectivity index (χ4v) is 2.92. The van der Waals surface area contributed by atoms with Gasteiger partial charge in [0.2, 0.25) is 0 Å². The zero-order chi connectivity index (χ0) is 14.1. The van der Waals surface area contributed by atoms with Crippen LogP contribution in [0.1, 0.15) is 30.3 Å². The summed E-state index contributed by atoms with van der Waals surface area (Å²) in [5.74, 6) is 0. The average Bonchev–Trinajstić information content (AvgIpc) is 2.80. The summed E-state index contributed by atoms with van der Waals surface area (Å²) in [5, 5.41) is 4.53. The van der Waals surface area contributed by atoms with Crippen LogP contribution in [0.3, 0.4) is 0 Å². The fraction of sp³-hybridized carbons (Fsp3) is 0.438. The lowest BCUT2D eigenvalue weighted by Gasteiger charge is -2.31. The monoisotopic (exact) mass is 270 g/mol. The Bertz CT molecular complexity index is 615. The summed E-state index contributed by atoms with van der Waals surface area (Å²) < 4.78 is 2.00. The smallest absolute Gasteiger partial charge is 0.0625 e. The van der Waals surface area contributed by atoms with Crippen molar-refractivity contribution in [1.82, 2.24) is 9.78 Å². The van der Waals surface area contributed by atoms with E-state index in [0.29, 0.717) is 0 Å². The number of hydrogen-bond acceptors (Lipinski definition) is 3. The molecule has 2 aromatic rings. The van der Waals surface area contributed by atoms with Crippen molar-refractivity contribution in [2.24, 2.45) is 7.05 Å². The lowest BCUT2D eigenvalue weighted by Crippen LogP contribution is -2.29. The van der Waals surface area contributed by atoms with Crippen LogP contribution in [0.5, 0.6) is 0 Å². The number of benzene rings is 1. The van der Waals surface area contributed by atoms with Gasteiger partial charge in [0.25, 0.3) is 0 Å². The van der Waals surface area contributed by atoms with Crippen molar-refractivity contribution < 1.29 is 0 Å². The zero-order valence-electron chi connectivity index (χ0n) is 12.3. The van der Waals surface area contributed by atoms with Gasteiger partial charge < -0.3 is 10.6 Å². The fourth-order valence-electron chi connectivity index (χ4n) is 2.92. The van der Waals surface area contributed by atoms with E-state index in [1.165, 1.54) is 23.4 Å². The summed E-state index contributed by atoms with van der Waals surface area (Å²) in [6.07, 6.45) is 3.34. The predicted octanol–water partition coefficient (Wildman–Crippen LogP) is 2.52. The maximum Gasteiger partial charge on any atom is 0.0625 e. The Hall–Kier alpha value is -1.97. The van der Waals surface area contributed by atoms with Crippen molar-refractivity contribution in [1.29, 1.82) is 0 Å². The Balaban J connectivity index is 1.89. The number of nitrogens with zero attached hydrogens (tertiary/aromatic N) is 3. The molecule has 0 unspecified atom stereocenters. The van der Waals surface area contributed by atoms with E-state index in [1.807, 2.05) is 17.8 Å². The Morgan fingerprint density at radius 3 is 2.90 bits per heavy atom. The standard InChI is InChI=1S/C16H22N4/c1-3-14-10-15(19(2)18-14)11-20-8-4-5-12-6-7-13(17)9-16(12)20/h6-7,9-10H,3-5,8,11,17H2,1-2H3. The van der Waals surface area contributed by atoms with Crippen LogP contribution in [0.2, 0.25) is 0 Å². The summed E-state index contributed by atoms with van der Waals surface area (Å²) in [6, 6.07) is 8.48. The molecule has 4 nitrogen and oxygen atoms in total. The van der Waals surface area contributed by atoms with Gasteiger partial charge in [-0.1, -0.05) is 13.0 Å². The summed E-state index contributed by atoms with van der Waals surface area (Å²) in [6.45, 7) is 4.13. The molecule has 0 saturated carbocycles. The number of anilines is 2. The number of hydrogen-bond donors (Lipinski definition) is 1. The van der Waals surface area contributed by atoms with Gasteiger partial charge in [-0.15, -0.1) is 0 Å². The number of nitrogens with two attached hydrogens (primary N) is 1. The van der Waals surface area contributed by atoms with Crippen LogP contribution in [0.25, 0.3) is 0 Å². The second-order valence-corrected chi connectivity index (χ2v) is 5.52. The van der Waals surface area contributed by atoms with Crippen molar-refractivity contribution in [3.63, 3.8) is 0 Å². The molecule has 0 spiro atoms. The summed E-state index contributed by atoms with van der Waals surface area (Å²) in [7, 11) is 2.03. The highest BCUT2D eigenvalue weighted by atomic mass is 15.3. The largest absolute Gasteiger partial charge is 0.399 e. The molecule has 20 heavy (non-hydrogen) atoms. The van der Waals surface area contributed by atoms with Crippen molar-refractivity contribution in [2.75, 3.05) is 17.2 Å². The topological polar surface area (TPSA) is 47.1 Å². The Labute approximate surface area is 120 Å². The second kappa shape index (κ2) is 5.19. The molecule has 1 aromatic heterocycles. The van der Waals surface area contributed by atoms with E-state index in [9.17, 15) is 0 Å². The molecule has 106 valence electrons. The third-order valence-electron chi connectivity index (χ3n) is 4.07. The molecule has 4 heteroatoms. The third kappa shape index (κ3) is 2.38. The van der Waals surface area contributed by atoms with Crippen LogP contribution in [0, 0.1) is 0 Å². The average molecular weight is 270 g/mol. The first-order valence-corrected chi connectivity index (χ1v) is 7.32. The molecule has 2 heterocycles. The molecule has 1 aliphatic heterocycles. The van der Waals surface area contributed by atoms with Gasteiger partial charge in [-0.3, -0.25) is 4.68 Å². The predicted molar refractivity (Wildman–Crippen MR) is 82.8 cm³/mol. The molecule has 3 rings (SSSR count). The Morgan fingerprint density at radius 1 is 1.30 bits per heavy atom. The summed E-state index contributed by atoms with van der Waals surface area (Å²) in [4.78, 5) is 2.42. The van der Waals surface area contributed by atoms with Gasteiger partial charge in [0.1, 0.15) is 0 Å². The number of aryl methyl sites for hydroxylation is 3. The zero-order valence-corrected chi connectivity index (χ0v) is 12.3. The van der Waals surface area contributed by atoms with Gasteiger partial charge in [0, 0.05) is 25.0 Å². The van der Waals surface area contributed by atoms with Crippen LogP contribution >= 0.6 is 0 Å². The van der Waals surface area contributed by atoms with Gasteiger partial charge in [0.15, 0.2) is 0 Å². The van der Waals surface area contributed by atoms with E-state index in [2.05, 4.69) is 35.1 Å². The van der Waals surface area contributed by atoms with Crippen LogP contribution in [-0.2, 0) is 26.4 Å². The SMILES string of the molecule is CCc1cc(CN2CCCc3ccc(N)cc32)n(C)n1. The van der Waals surface area contributed by atoms with Crippen molar-refractivity contribution in [3.8, 4) is 0 Å². The van der Waals surface area contributed by atoms with Crippen LogP contribution in [-0.4, -0.2) is 16.3 Å². The van der Waals surface area contributed by atoms with E-state index in [1.54, 1.807) is 0 Å². The van der Waals surface area contributed by atoms with Crippen molar-refractivity contribution >= 4 is 11.4 Å². The molecule has 0 aliphatic carbocycles. The highest BCUT2D eigenvalue weighted by Crippen LogP contribution is 2.30. The van der Waals surface area contributed by atoms with E-state index in [0.717, 1.165) is 37.3 Å². The first-order chi connectivity index (χ1) is 9.67. The molecule has 0 saturated heterocycles. The first kappa shape index (κ1) is 13.0. The highest BCUT2D eigenvalue weighted by molar-refractivity contribution is 5.62. The molecule has 0 radical (unpaired) electrons. The number of aromatic nitrogens is 2. The minimum absolute atomic E-state index is 0.843. The van der Waals surface area contributed by atoms with Gasteiger partial charge in [0.05, 0.1) is 17.9 Å². The normalized spacial score (nSPS) is 14.4. The molecule has 1 aliphatic rings. The number of nitrogen functional groups attached to an aromatic ring is 1. The van der Waals surface area contributed by atoms with Crippen molar-refractivity contribution in [3.05, 3.63) is 41.2 Å². The molecule has 1 aromatic carbocycles. The van der Waals surface area contributed by atoms with Crippen LogP contribution < -0.4 is 10.6 Å². The summed E-state index contributed by atoms with van der Waals surface area (Å²) >= 11 is 0. The number of rotatable bonds is 3. The maximum atomic E-state index is 5.95. The Morgan fingerprint density at radius 2 is 2.15 bits per heavy atom. The molecule has 0 amide bonds. The molecule has 0 atom stereocenters. The molecule has 2 N–H and O–H groups in total. The van der Waals surface area contributed by atoms with Gasteiger partial charge in [-0.2, -0.15) is 5.10 Å². The molecular weight excluding hydrogens is 248 g/mol. The minimum atomic E-state index is 0.843. The molecular formula is C16H22N4. The molecule has 0 fully saturated rings. The van der Waals surface area contributed by atoms with E-state index in [-0.39, 0.29) is 0 Å². The molecule has 0 bridgehead atoms. The van der Waals surface area contributed by atoms with Gasteiger partial charge in [-0.25, -0.2) is 0 Å². The quantitative estimate of drug-likeness (QED) is 0.872. The minimum Gasteiger partial charge on any atom is -0.399 e. The lowest BCUT2D eigenvalue weighted by atomic mass is 10.0. The highest BCUT2D eigenvalue weighted by Gasteiger charge is 2.18. The summed E-state index contributed by atoms with van der Waals surface area (Å²) in [5.41, 5.74) is 11.9. The van der Waals surface area contributed by atoms with Crippen LogP contribution in [0.4, 0.5) is 11.4 Å². The van der Waals surface area contributed by atoms with Gasteiger partial charge in [-0.05, 0) is 43.0 Å². The van der Waals surface area contributed by atoms with Crippen LogP contribution in [0.15, 0.2) is 24.3 Å². The van der Waals surface area contributed by atoms with Gasteiger partial charge >= 0.3 is 0 Å². The van der Waals surface area contributed by atoms with E-state index >= 15 is 0 Å². The maximum absolute atomic E-state index is 5.95. The first-order valence-electron chi connectivity index (χ1n) is 7.32. The second-order valence-electron chi connectivity index (χ2n) is 5.52. The Kier molecular flexibility index (Phi) is 3.38. The number of fused-ring (bicyclic) bond motifs is 1. The lowest BCUT2D eigenvalue weighted by molar-refractivity contribution is 0.642.